The molecule has 0 radical (unpaired) electrons. The van der Waals surface area contributed by atoms with Gasteiger partial charge in [0.1, 0.15) is 17.8 Å². The molecule has 0 amide bonds. The Hall–Kier alpha value is -1.58. The molecule has 2 aromatic heterocycles. The number of hydrogen-bond donors (Lipinski definition) is 1. The summed E-state index contributed by atoms with van der Waals surface area (Å²) in [5.41, 5.74) is 0.938. The fourth-order valence-corrected chi connectivity index (χ4v) is 2.66. The maximum atomic E-state index is 4.45. The van der Waals surface area contributed by atoms with E-state index < -0.39 is 0 Å². The summed E-state index contributed by atoms with van der Waals surface area (Å²) in [6, 6.07) is 2.07. The van der Waals surface area contributed by atoms with Crippen LogP contribution in [0.3, 0.4) is 0 Å². The number of nitrogens with zero attached hydrogens (tertiary/aromatic N) is 3. The minimum absolute atomic E-state index is 0.898. The molecule has 0 spiro atoms. The Morgan fingerprint density at radius 3 is 2.94 bits per heavy atom. The van der Waals surface area contributed by atoms with Gasteiger partial charge in [0.2, 0.25) is 0 Å². The molecule has 0 aliphatic carbocycles. The molecule has 2 aromatic rings. The van der Waals surface area contributed by atoms with Crippen LogP contribution in [0.2, 0.25) is 0 Å². The number of hydrogen-bond acceptors (Lipinski definition) is 3. The summed E-state index contributed by atoms with van der Waals surface area (Å²) >= 11 is 0. The highest BCUT2D eigenvalue weighted by Gasteiger charge is 2.20. The third kappa shape index (κ3) is 1.88. The fraction of sp³-hybridized carbons (Fsp3) is 0.538. The van der Waals surface area contributed by atoms with Crippen molar-refractivity contribution >= 4 is 16.9 Å². The van der Waals surface area contributed by atoms with E-state index in [2.05, 4.69) is 32.8 Å². The van der Waals surface area contributed by atoms with Crippen molar-refractivity contribution in [3.8, 4) is 0 Å². The second kappa shape index (κ2) is 4.35. The molecule has 1 fully saturated rings. The summed E-state index contributed by atoms with van der Waals surface area (Å²) in [6.45, 7) is 4.53. The Labute approximate surface area is 101 Å². The fourth-order valence-electron chi connectivity index (χ4n) is 2.66. The molecule has 0 bridgehead atoms. The maximum absolute atomic E-state index is 4.45. The van der Waals surface area contributed by atoms with Gasteiger partial charge >= 0.3 is 0 Å². The Morgan fingerprint density at radius 2 is 2.18 bits per heavy atom. The van der Waals surface area contributed by atoms with Crippen molar-refractivity contribution in [2.45, 2.75) is 26.2 Å². The van der Waals surface area contributed by atoms with Crippen molar-refractivity contribution in [2.75, 3.05) is 18.0 Å². The molecule has 3 heterocycles. The van der Waals surface area contributed by atoms with Crippen LogP contribution in [0.5, 0.6) is 0 Å². The van der Waals surface area contributed by atoms with E-state index in [4.69, 9.17) is 0 Å². The van der Waals surface area contributed by atoms with Gasteiger partial charge in [-0.05, 0) is 24.8 Å². The Kier molecular flexibility index (Phi) is 2.71. The second-order valence-electron chi connectivity index (χ2n) is 4.78. The van der Waals surface area contributed by atoms with Gasteiger partial charge in [0.25, 0.3) is 0 Å². The lowest BCUT2D eigenvalue weighted by Crippen LogP contribution is -2.34. The molecule has 0 unspecified atom stereocenters. The second-order valence-corrected chi connectivity index (χ2v) is 4.78. The van der Waals surface area contributed by atoms with Gasteiger partial charge in [0.05, 0.1) is 5.39 Å². The predicted octanol–water partition coefficient (Wildman–Crippen LogP) is 2.58. The van der Waals surface area contributed by atoms with Crippen LogP contribution in [0.25, 0.3) is 11.0 Å². The summed E-state index contributed by atoms with van der Waals surface area (Å²) in [5.74, 6) is 1.99. The van der Waals surface area contributed by atoms with Gasteiger partial charge < -0.3 is 9.88 Å². The van der Waals surface area contributed by atoms with Crippen molar-refractivity contribution < 1.29 is 0 Å². The number of aromatic amines is 1. The molecule has 1 aliphatic rings. The van der Waals surface area contributed by atoms with Gasteiger partial charge in [-0.1, -0.05) is 13.3 Å². The lowest BCUT2D eigenvalue weighted by molar-refractivity contribution is 0.394. The van der Waals surface area contributed by atoms with E-state index in [9.17, 15) is 0 Å². The van der Waals surface area contributed by atoms with Gasteiger partial charge in [0.15, 0.2) is 0 Å². The summed E-state index contributed by atoms with van der Waals surface area (Å²) in [5, 5.41) is 1.14. The first kappa shape index (κ1) is 10.6. The number of fused-ring (bicyclic) bond motifs is 1. The molecule has 17 heavy (non-hydrogen) atoms. The number of rotatable bonds is 2. The van der Waals surface area contributed by atoms with Gasteiger partial charge in [-0.3, -0.25) is 0 Å². The van der Waals surface area contributed by atoms with E-state index in [-0.39, 0.29) is 0 Å². The highest BCUT2D eigenvalue weighted by Crippen LogP contribution is 2.27. The molecule has 0 aromatic carbocycles. The lowest BCUT2D eigenvalue weighted by atomic mass is 9.94. The smallest absolute Gasteiger partial charge is 0.142 e. The molecule has 1 aliphatic heterocycles. The summed E-state index contributed by atoms with van der Waals surface area (Å²) in [7, 11) is 0. The van der Waals surface area contributed by atoms with Crippen molar-refractivity contribution in [3.05, 3.63) is 18.6 Å². The van der Waals surface area contributed by atoms with E-state index >= 15 is 0 Å². The first-order chi connectivity index (χ1) is 8.38. The Bertz CT molecular complexity index is 497. The summed E-state index contributed by atoms with van der Waals surface area (Å²) in [4.78, 5) is 14.2. The van der Waals surface area contributed by atoms with Crippen molar-refractivity contribution in [3.63, 3.8) is 0 Å². The molecule has 90 valence electrons. The van der Waals surface area contributed by atoms with Gasteiger partial charge in [-0.25, -0.2) is 9.97 Å². The maximum Gasteiger partial charge on any atom is 0.142 e. The summed E-state index contributed by atoms with van der Waals surface area (Å²) in [6.07, 6.45) is 7.46. The molecule has 1 N–H and O–H groups in total. The van der Waals surface area contributed by atoms with Crippen molar-refractivity contribution in [1.29, 1.82) is 0 Å². The molecular weight excluding hydrogens is 212 g/mol. The zero-order valence-electron chi connectivity index (χ0n) is 10.2. The van der Waals surface area contributed by atoms with E-state index in [0.717, 1.165) is 35.9 Å². The van der Waals surface area contributed by atoms with Gasteiger partial charge in [-0.15, -0.1) is 0 Å². The monoisotopic (exact) mass is 230 g/mol. The van der Waals surface area contributed by atoms with Crippen LogP contribution in [0, 0.1) is 5.92 Å². The summed E-state index contributed by atoms with van der Waals surface area (Å²) < 4.78 is 0. The average Bonchev–Trinajstić information content (AvgIpc) is 2.87. The van der Waals surface area contributed by atoms with Crippen LogP contribution in [0.1, 0.15) is 26.2 Å². The number of nitrogens with one attached hydrogen (secondary N) is 1. The minimum atomic E-state index is 0.898. The largest absolute Gasteiger partial charge is 0.356 e. The average molecular weight is 230 g/mol. The highest BCUT2D eigenvalue weighted by molar-refractivity contribution is 5.87. The quantitative estimate of drug-likeness (QED) is 0.862. The van der Waals surface area contributed by atoms with Crippen molar-refractivity contribution in [2.24, 2.45) is 5.92 Å². The molecule has 0 atom stereocenters. The van der Waals surface area contributed by atoms with E-state index in [1.807, 2.05) is 6.20 Å². The lowest BCUT2D eigenvalue weighted by Gasteiger charge is -2.32. The molecule has 0 saturated carbocycles. The third-order valence-corrected chi connectivity index (χ3v) is 3.82. The topological polar surface area (TPSA) is 44.8 Å². The Balaban J connectivity index is 1.87. The van der Waals surface area contributed by atoms with Crippen LogP contribution in [-0.4, -0.2) is 28.0 Å². The van der Waals surface area contributed by atoms with Crippen LogP contribution in [0.4, 0.5) is 5.82 Å². The number of H-pyrrole nitrogens is 1. The van der Waals surface area contributed by atoms with Crippen LogP contribution >= 0.6 is 0 Å². The van der Waals surface area contributed by atoms with E-state index in [1.165, 1.54) is 19.3 Å². The standard InChI is InChI=1S/C13H18N4/c1-2-10-4-7-17(8-5-10)13-11-3-6-14-12(11)15-9-16-13/h3,6,9-10H,2,4-5,7-8H2,1H3,(H,14,15,16). The minimum Gasteiger partial charge on any atom is -0.356 e. The van der Waals surface area contributed by atoms with Crippen LogP contribution in [0.15, 0.2) is 18.6 Å². The number of piperidine rings is 1. The molecular formula is C13H18N4. The first-order valence-electron chi connectivity index (χ1n) is 6.41. The third-order valence-electron chi connectivity index (χ3n) is 3.82. The Morgan fingerprint density at radius 1 is 1.35 bits per heavy atom. The normalized spacial score (nSPS) is 17.8. The SMILES string of the molecule is CCC1CCN(c2ncnc3[nH]ccc23)CC1. The zero-order chi connectivity index (χ0) is 11.7. The first-order valence-corrected chi connectivity index (χ1v) is 6.41. The van der Waals surface area contributed by atoms with Gasteiger partial charge in [-0.2, -0.15) is 0 Å². The molecule has 4 nitrogen and oxygen atoms in total. The van der Waals surface area contributed by atoms with E-state index in [1.54, 1.807) is 6.33 Å². The number of aromatic nitrogens is 3. The molecule has 3 rings (SSSR count). The van der Waals surface area contributed by atoms with Crippen LogP contribution < -0.4 is 4.90 Å². The molecule has 1 saturated heterocycles. The van der Waals surface area contributed by atoms with Gasteiger partial charge in [0, 0.05) is 19.3 Å². The van der Waals surface area contributed by atoms with E-state index in [0.29, 0.717) is 0 Å². The predicted molar refractivity (Wildman–Crippen MR) is 69.1 cm³/mol. The van der Waals surface area contributed by atoms with Crippen LogP contribution in [-0.2, 0) is 0 Å². The number of anilines is 1. The zero-order valence-corrected chi connectivity index (χ0v) is 10.2. The molecule has 4 heteroatoms. The highest BCUT2D eigenvalue weighted by atomic mass is 15.2. The van der Waals surface area contributed by atoms with Crippen molar-refractivity contribution in [1.82, 2.24) is 15.0 Å².